The number of hydrogen-bond donors (Lipinski definition) is 1. The molecule has 0 spiro atoms. The molecule has 1 N–H and O–H groups in total. The van der Waals surface area contributed by atoms with E-state index in [0.29, 0.717) is 17.3 Å². The Labute approximate surface area is 187 Å². The van der Waals surface area contributed by atoms with E-state index in [4.69, 9.17) is 0 Å². The van der Waals surface area contributed by atoms with Crippen LogP contribution in [0.4, 0.5) is 0 Å². The lowest BCUT2D eigenvalue weighted by Crippen LogP contribution is -2.55. The normalized spacial score (nSPS) is 57.1. The van der Waals surface area contributed by atoms with Crippen molar-refractivity contribution < 1.29 is 9.90 Å². The molecule has 2 heteroatoms. The van der Waals surface area contributed by atoms with Gasteiger partial charge in [-0.15, -0.1) is 0 Å². The predicted octanol–water partition coefficient (Wildman–Crippen LogP) is 6.24. The zero-order chi connectivity index (χ0) is 21.2. The number of aliphatic hydroxyl groups is 1. The third-order valence-corrected chi connectivity index (χ3v) is 12.3. The Morgan fingerprint density at radius 1 is 0.935 bits per heavy atom. The van der Waals surface area contributed by atoms with E-state index in [1.54, 1.807) is 0 Å². The first-order valence-electron chi connectivity index (χ1n) is 13.5. The summed E-state index contributed by atoms with van der Waals surface area (Å²) in [5, 5.41) is 12.3. The highest BCUT2D eigenvalue weighted by Gasteiger charge is 2.60. The summed E-state index contributed by atoms with van der Waals surface area (Å²) in [6.07, 6.45) is 19.1. The molecule has 0 aromatic carbocycles. The molecule has 7 fully saturated rings. The molecule has 8 rings (SSSR count). The van der Waals surface area contributed by atoms with Crippen molar-refractivity contribution in [3.05, 3.63) is 23.3 Å². The summed E-state index contributed by atoms with van der Waals surface area (Å²) in [6.45, 7) is 5.01. The van der Waals surface area contributed by atoms with Gasteiger partial charge in [-0.25, -0.2) is 0 Å². The highest BCUT2D eigenvalue weighted by atomic mass is 16.3. The van der Waals surface area contributed by atoms with Gasteiger partial charge in [0.05, 0.1) is 0 Å². The number of carbonyl (C=O) groups excluding carboxylic acids is 1. The van der Waals surface area contributed by atoms with Crippen LogP contribution in [-0.4, -0.2) is 16.5 Å². The Hall–Kier alpha value is -0.890. The highest BCUT2D eigenvalue weighted by Crippen LogP contribution is 2.66. The summed E-state index contributed by atoms with van der Waals surface area (Å²) < 4.78 is 0. The monoisotopic (exact) mass is 420 g/mol. The fourth-order valence-electron chi connectivity index (χ4n) is 11.0. The number of rotatable bonds is 1. The molecule has 6 atom stereocenters. The largest absolute Gasteiger partial charge is 0.381 e. The zero-order valence-corrected chi connectivity index (χ0v) is 19.5. The van der Waals surface area contributed by atoms with E-state index < -0.39 is 5.60 Å². The summed E-state index contributed by atoms with van der Waals surface area (Å²) in [7, 11) is 0. The van der Waals surface area contributed by atoms with Gasteiger partial charge in [0.2, 0.25) is 0 Å². The maximum atomic E-state index is 13.5. The fraction of sp³-hybridized carbons (Fsp3) is 0.828. The van der Waals surface area contributed by atoms with E-state index in [1.807, 2.05) is 6.08 Å². The van der Waals surface area contributed by atoms with Crippen molar-refractivity contribution >= 4 is 5.78 Å². The molecule has 0 aromatic heterocycles. The Bertz CT molecular complexity index is 859. The molecule has 4 bridgehead atoms. The molecule has 168 valence electrons. The molecule has 31 heavy (non-hydrogen) atoms. The van der Waals surface area contributed by atoms with Crippen LogP contribution in [-0.2, 0) is 4.79 Å². The quantitative estimate of drug-likeness (QED) is 0.545. The Morgan fingerprint density at radius 3 is 2.29 bits per heavy atom. The SMILES string of the molecule is C[C@H]1CCC2C3CCC4=CC(=O)C(C56CC7CC(CC(C7)C5)C6)=C[C@]4(O)C3CC[C@@]21C. The molecular formula is C29H40O2. The molecule has 7 saturated carbocycles. The number of ketones is 1. The van der Waals surface area contributed by atoms with Gasteiger partial charge in [0.15, 0.2) is 5.78 Å². The lowest BCUT2D eigenvalue weighted by atomic mass is 9.45. The first-order chi connectivity index (χ1) is 14.8. The van der Waals surface area contributed by atoms with E-state index in [-0.39, 0.29) is 11.2 Å². The summed E-state index contributed by atoms with van der Waals surface area (Å²) in [4.78, 5) is 13.5. The molecule has 2 nitrogen and oxygen atoms in total. The predicted molar refractivity (Wildman–Crippen MR) is 122 cm³/mol. The van der Waals surface area contributed by atoms with Crippen molar-refractivity contribution in [2.45, 2.75) is 96.5 Å². The summed E-state index contributed by atoms with van der Waals surface area (Å²) in [6, 6.07) is 0. The molecule has 3 unspecified atom stereocenters. The van der Waals surface area contributed by atoms with E-state index in [1.165, 1.54) is 64.2 Å². The number of carbonyl (C=O) groups is 1. The van der Waals surface area contributed by atoms with E-state index in [0.717, 1.165) is 53.6 Å². The molecule has 0 amide bonds. The van der Waals surface area contributed by atoms with Gasteiger partial charge in [0, 0.05) is 5.57 Å². The standard InChI is InChI=1S/C29H40O2/c1-17-3-6-23-22-5-4-21-12-26(30)25(16-29(21,31)24(22)7-8-27(17,23)2)28-13-18-9-19(14-28)11-20(10-18)15-28/h12,16-20,22-24,31H,3-11,13-15H2,1-2H3/t17-,18?,19?,20?,22?,23?,24?,27+,28?,29+/m0/s1. The van der Waals surface area contributed by atoms with Crippen LogP contribution in [0.15, 0.2) is 23.3 Å². The molecule has 0 saturated heterocycles. The van der Waals surface area contributed by atoms with Crippen LogP contribution in [0, 0.1) is 52.3 Å². The van der Waals surface area contributed by atoms with Crippen LogP contribution < -0.4 is 0 Å². The Morgan fingerprint density at radius 2 is 1.61 bits per heavy atom. The smallest absolute Gasteiger partial charge is 0.182 e. The summed E-state index contributed by atoms with van der Waals surface area (Å²) in [5.74, 6) is 5.28. The second kappa shape index (κ2) is 6.16. The van der Waals surface area contributed by atoms with Gasteiger partial charge in [-0.1, -0.05) is 13.8 Å². The van der Waals surface area contributed by atoms with Gasteiger partial charge in [-0.05, 0) is 147 Å². The lowest BCUT2D eigenvalue weighted by molar-refractivity contribution is -0.117. The number of fused-ring (bicyclic) bond motifs is 5. The average Bonchev–Trinajstić information content (AvgIpc) is 3.02. The second-order valence-corrected chi connectivity index (χ2v) is 13.6. The first-order valence-corrected chi connectivity index (χ1v) is 13.5. The topological polar surface area (TPSA) is 37.3 Å². The molecule has 0 aliphatic heterocycles. The van der Waals surface area contributed by atoms with Gasteiger partial charge in [0.1, 0.15) is 5.60 Å². The van der Waals surface area contributed by atoms with Gasteiger partial charge >= 0.3 is 0 Å². The van der Waals surface area contributed by atoms with E-state index in [2.05, 4.69) is 19.9 Å². The molecular weight excluding hydrogens is 380 g/mol. The minimum atomic E-state index is -0.845. The first kappa shape index (κ1) is 19.6. The maximum Gasteiger partial charge on any atom is 0.182 e. The van der Waals surface area contributed by atoms with E-state index >= 15 is 0 Å². The van der Waals surface area contributed by atoms with Crippen LogP contribution in [0.2, 0.25) is 0 Å². The van der Waals surface area contributed by atoms with Crippen molar-refractivity contribution in [2.24, 2.45) is 52.3 Å². The Balaban J connectivity index is 1.28. The third kappa shape index (κ3) is 2.47. The molecule has 8 aliphatic carbocycles. The van der Waals surface area contributed by atoms with Gasteiger partial charge in [-0.2, -0.15) is 0 Å². The van der Waals surface area contributed by atoms with Gasteiger partial charge in [-0.3, -0.25) is 4.79 Å². The fourth-order valence-corrected chi connectivity index (χ4v) is 11.0. The summed E-state index contributed by atoms with van der Waals surface area (Å²) in [5.41, 5.74) is 1.81. The minimum Gasteiger partial charge on any atom is -0.381 e. The summed E-state index contributed by atoms with van der Waals surface area (Å²) >= 11 is 0. The van der Waals surface area contributed by atoms with Crippen molar-refractivity contribution in [1.82, 2.24) is 0 Å². The van der Waals surface area contributed by atoms with Crippen LogP contribution in [0.5, 0.6) is 0 Å². The van der Waals surface area contributed by atoms with Crippen molar-refractivity contribution in [1.29, 1.82) is 0 Å². The third-order valence-electron chi connectivity index (χ3n) is 12.3. The van der Waals surface area contributed by atoms with Gasteiger partial charge < -0.3 is 5.11 Å². The number of allylic oxidation sites excluding steroid dienone is 2. The maximum absolute atomic E-state index is 13.5. The number of hydrogen-bond acceptors (Lipinski definition) is 2. The average molecular weight is 421 g/mol. The van der Waals surface area contributed by atoms with Crippen LogP contribution in [0.1, 0.15) is 90.9 Å². The lowest BCUT2D eigenvalue weighted by Gasteiger charge is -2.59. The van der Waals surface area contributed by atoms with Crippen molar-refractivity contribution in [3.8, 4) is 0 Å². The van der Waals surface area contributed by atoms with Gasteiger partial charge in [0.25, 0.3) is 0 Å². The molecule has 8 aliphatic rings. The second-order valence-electron chi connectivity index (χ2n) is 13.6. The molecule has 0 heterocycles. The molecule has 0 aromatic rings. The van der Waals surface area contributed by atoms with Crippen molar-refractivity contribution in [3.63, 3.8) is 0 Å². The minimum absolute atomic E-state index is 0.0849. The van der Waals surface area contributed by atoms with Crippen molar-refractivity contribution in [2.75, 3.05) is 0 Å². The van der Waals surface area contributed by atoms with E-state index in [9.17, 15) is 9.90 Å². The highest BCUT2D eigenvalue weighted by molar-refractivity contribution is 6.07. The van der Waals surface area contributed by atoms with Crippen LogP contribution in [0.25, 0.3) is 0 Å². The molecule has 0 radical (unpaired) electrons. The Kier molecular flexibility index (Phi) is 3.89. The van der Waals surface area contributed by atoms with Crippen LogP contribution >= 0.6 is 0 Å². The van der Waals surface area contributed by atoms with Crippen LogP contribution in [0.3, 0.4) is 0 Å². The zero-order valence-electron chi connectivity index (χ0n) is 19.5.